The van der Waals surface area contributed by atoms with Crippen LogP contribution in [0.15, 0.2) is 87.6 Å². The zero-order valence-electron chi connectivity index (χ0n) is 36.9. The number of furan rings is 1. The molecule has 1 aromatic heterocycles. The molecule has 4 aliphatic carbocycles. The number of allylic oxidation sites excluding steroid dienone is 6. The number of hydrogen-bond donors (Lipinski definition) is 0. The van der Waals surface area contributed by atoms with Gasteiger partial charge in [-0.2, -0.15) is 0 Å². The normalized spacial score (nSPS) is 26.3. The van der Waals surface area contributed by atoms with Crippen molar-refractivity contribution in [2.45, 2.75) is 170 Å². The van der Waals surface area contributed by atoms with E-state index in [0.717, 1.165) is 31.5 Å². The number of rotatable bonds is 4. The molecule has 1 radical (unpaired) electrons. The van der Waals surface area contributed by atoms with Crippen molar-refractivity contribution < 1.29 is 4.42 Å². The van der Waals surface area contributed by atoms with Crippen molar-refractivity contribution in [2.24, 2.45) is 10.8 Å². The Morgan fingerprint density at radius 3 is 2.35 bits per heavy atom. The van der Waals surface area contributed by atoms with E-state index >= 15 is 0 Å². The first-order valence-electron chi connectivity index (χ1n) is 21.6. The summed E-state index contributed by atoms with van der Waals surface area (Å²) in [5, 5.41) is 0. The largest absolute Gasteiger partial charge is 0.473 e. The molecule has 0 fully saturated rings. The molecule has 1 aromatic carbocycles. The summed E-state index contributed by atoms with van der Waals surface area (Å²) < 4.78 is 7.33. The van der Waals surface area contributed by atoms with Crippen LogP contribution in [0, 0.1) is 10.8 Å². The van der Waals surface area contributed by atoms with Gasteiger partial charge in [0.05, 0.1) is 23.4 Å². The third-order valence-corrected chi connectivity index (χ3v) is 13.9. The van der Waals surface area contributed by atoms with E-state index in [1.165, 1.54) is 81.0 Å². The lowest BCUT2D eigenvalue weighted by Crippen LogP contribution is -2.47. The SMILES string of the molecule is C/C=C(\C=C/CN1c2c(oc3c2C(C)CCC3(C)C)[B]c2cc3c(cc2N(C2CC=C(C(C)(C)C)C=C2C)C2=CC1CC=C2)C(C)CCC3(C)C)C(C)(C)C. The van der Waals surface area contributed by atoms with Crippen molar-refractivity contribution in [3.8, 4) is 0 Å². The molecule has 0 saturated heterocycles. The van der Waals surface area contributed by atoms with Gasteiger partial charge in [0, 0.05) is 28.9 Å². The van der Waals surface area contributed by atoms with E-state index < -0.39 is 0 Å². The van der Waals surface area contributed by atoms with Crippen LogP contribution in [0.2, 0.25) is 0 Å². The van der Waals surface area contributed by atoms with Crippen molar-refractivity contribution in [1.82, 2.24) is 0 Å². The minimum absolute atomic E-state index is 0.0224. The highest BCUT2D eigenvalue weighted by Gasteiger charge is 2.42. The fourth-order valence-corrected chi connectivity index (χ4v) is 10.2. The van der Waals surface area contributed by atoms with Crippen molar-refractivity contribution in [2.75, 3.05) is 16.3 Å². The Hall–Kier alpha value is -3.40. The molecule has 2 bridgehead atoms. The van der Waals surface area contributed by atoms with Gasteiger partial charge in [-0.25, -0.2) is 0 Å². The predicted octanol–water partition coefficient (Wildman–Crippen LogP) is 12.4. The monoisotopic (exact) mass is 738 g/mol. The first kappa shape index (κ1) is 39.8. The molecule has 4 atom stereocenters. The lowest BCUT2D eigenvalue weighted by atomic mass is 9.61. The fraction of sp³-hybridized carbons (Fsp3) is 0.569. The maximum atomic E-state index is 7.33. The summed E-state index contributed by atoms with van der Waals surface area (Å²) in [5.41, 5.74) is 15.2. The summed E-state index contributed by atoms with van der Waals surface area (Å²) >= 11 is 0. The molecule has 0 N–H and O–H groups in total. The molecule has 293 valence electrons. The summed E-state index contributed by atoms with van der Waals surface area (Å²) in [4.78, 5) is 5.42. The van der Waals surface area contributed by atoms with Gasteiger partial charge < -0.3 is 14.2 Å². The third-order valence-electron chi connectivity index (χ3n) is 13.9. The summed E-state index contributed by atoms with van der Waals surface area (Å²) in [5.74, 6) is 2.14. The molecule has 7 rings (SSSR count). The molecule has 4 unspecified atom stereocenters. The zero-order chi connectivity index (χ0) is 39.8. The highest BCUT2D eigenvalue weighted by Crippen LogP contribution is 2.49. The van der Waals surface area contributed by atoms with Crippen molar-refractivity contribution in [1.29, 1.82) is 0 Å². The second-order valence-electron chi connectivity index (χ2n) is 21.1. The van der Waals surface area contributed by atoms with Gasteiger partial charge >= 0.3 is 0 Å². The molecular weight excluding hydrogens is 667 g/mol. The molecule has 0 saturated carbocycles. The minimum Gasteiger partial charge on any atom is -0.473 e. The summed E-state index contributed by atoms with van der Waals surface area (Å²) in [6, 6.07) is 5.58. The first-order valence-corrected chi connectivity index (χ1v) is 21.6. The third kappa shape index (κ3) is 7.34. The van der Waals surface area contributed by atoms with Crippen LogP contribution >= 0.6 is 0 Å². The Balaban J connectivity index is 1.49. The number of benzene rings is 1. The highest BCUT2D eigenvalue weighted by molar-refractivity contribution is 6.69. The number of fused-ring (bicyclic) bond motifs is 6. The average Bonchev–Trinajstić information content (AvgIpc) is 3.49. The Labute approximate surface area is 336 Å². The van der Waals surface area contributed by atoms with Crippen molar-refractivity contribution in [3.63, 3.8) is 0 Å². The van der Waals surface area contributed by atoms with Gasteiger partial charge in [0.15, 0.2) is 0 Å². The average molecular weight is 738 g/mol. The molecule has 1 aliphatic heterocycles. The molecule has 3 nitrogen and oxygen atoms in total. The number of anilines is 2. The Morgan fingerprint density at radius 2 is 1.67 bits per heavy atom. The summed E-state index contributed by atoms with van der Waals surface area (Å²) in [7, 11) is 2.46. The Bertz CT molecular complexity index is 2010. The van der Waals surface area contributed by atoms with Crippen LogP contribution in [-0.4, -0.2) is 25.9 Å². The maximum absolute atomic E-state index is 7.33. The molecule has 4 heteroatoms. The minimum atomic E-state index is -0.0224. The number of hydrogen-bond acceptors (Lipinski definition) is 3. The molecule has 2 aromatic rings. The topological polar surface area (TPSA) is 19.6 Å². The van der Waals surface area contributed by atoms with Gasteiger partial charge in [0.25, 0.3) is 0 Å². The second-order valence-corrected chi connectivity index (χ2v) is 21.1. The van der Waals surface area contributed by atoms with Crippen LogP contribution in [0.25, 0.3) is 0 Å². The Kier molecular flexibility index (Phi) is 10.3. The van der Waals surface area contributed by atoms with Crippen LogP contribution in [0.4, 0.5) is 11.4 Å². The maximum Gasteiger partial charge on any atom is 0.246 e. The van der Waals surface area contributed by atoms with Crippen molar-refractivity contribution in [3.05, 3.63) is 106 Å². The summed E-state index contributed by atoms with van der Waals surface area (Å²) in [6.45, 7) is 33.9. The standard InChI is InChI=1S/C51H70BN2O/c1-15-35(48(5,6)7)18-17-27-53-37-19-16-20-38(29-37)54(42-22-21-36(28-34(42)4)49(8,9)10)43-30-39-32(2)23-25-50(11,12)40(39)31-41(43)52-47-45(53)44-33(3)24-26-51(13,14)46(44)55-47/h15-18,20-21,28-33,37,42H,19,22-27H2,1-14H3/b18-17-,35-15+. The Morgan fingerprint density at radius 1 is 0.964 bits per heavy atom. The van der Waals surface area contributed by atoms with Gasteiger partial charge in [-0.3, -0.25) is 0 Å². The quantitative estimate of drug-likeness (QED) is 0.230. The van der Waals surface area contributed by atoms with E-state index in [1.807, 2.05) is 0 Å². The van der Waals surface area contributed by atoms with Crippen molar-refractivity contribution >= 4 is 29.8 Å². The predicted molar refractivity (Wildman–Crippen MR) is 239 cm³/mol. The summed E-state index contributed by atoms with van der Waals surface area (Å²) in [6.07, 6.45) is 26.2. The van der Waals surface area contributed by atoms with E-state index in [1.54, 1.807) is 0 Å². The van der Waals surface area contributed by atoms with Gasteiger partial charge in [-0.05, 0) is 121 Å². The molecule has 2 heterocycles. The molecule has 55 heavy (non-hydrogen) atoms. The molecular formula is C51H70BN2O. The zero-order valence-corrected chi connectivity index (χ0v) is 36.9. The van der Waals surface area contributed by atoms with Crippen LogP contribution in [0.3, 0.4) is 0 Å². The number of nitrogens with zero attached hydrogens (tertiary/aromatic N) is 2. The van der Waals surface area contributed by atoms with E-state index in [-0.39, 0.29) is 33.7 Å². The molecule has 5 aliphatic rings. The van der Waals surface area contributed by atoms with E-state index in [0.29, 0.717) is 11.8 Å². The van der Waals surface area contributed by atoms with Crippen LogP contribution in [0.1, 0.15) is 170 Å². The van der Waals surface area contributed by atoms with E-state index in [4.69, 9.17) is 4.42 Å². The first-order chi connectivity index (χ1) is 25.7. The van der Waals surface area contributed by atoms with E-state index in [9.17, 15) is 0 Å². The highest BCUT2D eigenvalue weighted by atomic mass is 16.3. The smallest absolute Gasteiger partial charge is 0.246 e. The van der Waals surface area contributed by atoms with E-state index in [2.05, 4.69) is 175 Å². The molecule has 0 spiro atoms. The van der Waals surface area contributed by atoms with Crippen LogP contribution in [-0.2, 0) is 10.8 Å². The van der Waals surface area contributed by atoms with Crippen LogP contribution in [0.5, 0.6) is 0 Å². The van der Waals surface area contributed by atoms with Crippen LogP contribution < -0.4 is 20.9 Å². The second kappa shape index (κ2) is 14.2. The lowest BCUT2D eigenvalue weighted by molar-refractivity contribution is 0.325. The molecule has 0 amide bonds. The van der Waals surface area contributed by atoms with Gasteiger partial charge in [0.1, 0.15) is 5.76 Å². The van der Waals surface area contributed by atoms with Gasteiger partial charge in [0.2, 0.25) is 7.28 Å². The van der Waals surface area contributed by atoms with Gasteiger partial charge in [-0.15, -0.1) is 0 Å². The van der Waals surface area contributed by atoms with Gasteiger partial charge in [-0.1, -0.05) is 137 Å². The lowest BCUT2D eigenvalue weighted by Gasteiger charge is -2.44. The fourth-order valence-electron chi connectivity index (χ4n) is 10.2.